The summed E-state index contributed by atoms with van der Waals surface area (Å²) in [7, 11) is 1.49. The molecule has 0 aliphatic heterocycles. The monoisotopic (exact) mass is 505 g/mol. The van der Waals surface area contributed by atoms with Crippen LogP contribution in [-0.2, 0) is 6.61 Å². The zero-order valence-electron chi connectivity index (χ0n) is 20.5. The van der Waals surface area contributed by atoms with Gasteiger partial charge in [-0.2, -0.15) is 5.10 Å². The van der Waals surface area contributed by atoms with Gasteiger partial charge in [-0.25, -0.2) is 5.43 Å². The molecular weight excluding hydrogens is 478 g/mol. The largest absolute Gasteiger partial charge is 0.493 e. The highest BCUT2D eigenvalue weighted by Gasteiger charge is 2.11. The summed E-state index contributed by atoms with van der Waals surface area (Å²) in [5, 5.41) is 14.8. The van der Waals surface area contributed by atoms with Crippen LogP contribution in [0.3, 0.4) is 0 Å². The van der Waals surface area contributed by atoms with Gasteiger partial charge in [0.2, 0.25) is 0 Å². The van der Waals surface area contributed by atoms with Crippen LogP contribution in [0.25, 0.3) is 0 Å². The zero-order valence-corrected chi connectivity index (χ0v) is 20.5. The van der Waals surface area contributed by atoms with E-state index in [9.17, 15) is 14.9 Å². The van der Waals surface area contributed by atoms with Gasteiger partial charge < -0.3 is 18.9 Å². The molecule has 0 aromatic heterocycles. The van der Waals surface area contributed by atoms with Crippen molar-refractivity contribution in [2.45, 2.75) is 13.5 Å². The van der Waals surface area contributed by atoms with Crippen molar-refractivity contribution >= 4 is 17.8 Å². The van der Waals surface area contributed by atoms with Gasteiger partial charge in [-0.05, 0) is 66.6 Å². The molecule has 3 aromatic rings. The molecule has 1 N–H and O–H groups in total. The van der Waals surface area contributed by atoms with Crippen LogP contribution in [0.2, 0.25) is 0 Å². The molecule has 0 spiro atoms. The Hall–Kier alpha value is -4.86. The number of rotatable bonds is 13. The van der Waals surface area contributed by atoms with Crippen molar-refractivity contribution in [3.8, 4) is 23.0 Å². The topological polar surface area (TPSA) is 122 Å². The average Bonchev–Trinajstić information content (AvgIpc) is 2.91. The number of nitro benzene ring substituents is 1. The first-order chi connectivity index (χ1) is 17.9. The van der Waals surface area contributed by atoms with Gasteiger partial charge in [-0.3, -0.25) is 14.9 Å². The fourth-order valence-corrected chi connectivity index (χ4v) is 3.17. The van der Waals surface area contributed by atoms with E-state index in [-0.39, 0.29) is 12.3 Å². The maximum atomic E-state index is 12.5. The van der Waals surface area contributed by atoms with Gasteiger partial charge >= 0.3 is 0 Å². The standard InChI is InChI=1S/C27H27N3O7/c1-4-14-36-23-13-9-21(16-25(23)34-3)27(31)29-28-17-20-8-12-24(26(15-20)35-5-2)37-18-19-6-10-22(11-7-19)30(32)33/h4,6-13,15-17H,1,5,14,18H2,2-3H3,(H,29,31)/b28-17+. The highest BCUT2D eigenvalue weighted by molar-refractivity contribution is 5.95. The van der Waals surface area contributed by atoms with E-state index in [4.69, 9.17) is 18.9 Å². The lowest BCUT2D eigenvalue weighted by molar-refractivity contribution is -0.384. The van der Waals surface area contributed by atoms with E-state index in [1.165, 1.54) is 25.5 Å². The molecule has 10 nitrogen and oxygen atoms in total. The fraction of sp³-hybridized carbons (Fsp3) is 0.185. The summed E-state index contributed by atoms with van der Waals surface area (Å²) in [5.41, 5.74) is 4.31. The number of hydrogen-bond donors (Lipinski definition) is 1. The number of amides is 1. The molecule has 1 amide bonds. The number of hydrogen-bond acceptors (Lipinski definition) is 8. The lowest BCUT2D eigenvalue weighted by atomic mass is 10.2. The summed E-state index contributed by atoms with van der Waals surface area (Å²) in [6.07, 6.45) is 3.10. The molecule has 0 aliphatic rings. The number of nitro groups is 1. The van der Waals surface area contributed by atoms with Crippen molar-refractivity contribution in [2.75, 3.05) is 20.3 Å². The SMILES string of the molecule is C=CCOc1ccc(C(=O)N/N=C/c2ccc(OCc3ccc([N+](=O)[O-])cc3)c(OCC)c2)cc1OC. The van der Waals surface area contributed by atoms with Gasteiger partial charge in [0, 0.05) is 17.7 Å². The maximum absolute atomic E-state index is 12.5. The fourth-order valence-electron chi connectivity index (χ4n) is 3.17. The Balaban J connectivity index is 1.64. The molecule has 0 saturated carbocycles. The van der Waals surface area contributed by atoms with Gasteiger partial charge in [0.15, 0.2) is 23.0 Å². The third-order valence-electron chi connectivity index (χ3n) is 4.97. The number of benzene rings is 3. The highest BCUT2D eigenvalue weighted by Crippen LogP contribution is 2.30. The molecule has 0 saturated heterocycles. The summed E-state index contributed by atoms with van der Waals surface area (Å²) in [6, 6.07) is 16.2. The van der Waals surface area contributed by atoms with Gasteiger partial charge in [-0.15, -0.1) is 0 Å². The van der Waals surface area contributed by atoms with E-state index in [1.54, 1.807) is 54.6 Å². The van der Waals surface area contributed by atoms with E-state index in [0.29, 0.717) is 47.3 Å². The van der Waals surface area contributed by atoms with Crippen LogP contribution in [-0.4, -0.2) is 37.4 Å². The third kappa shape index (κ3) is 7.56. The molecule has 0 aliphatic carbocycles. The molecule has 3 rings (SSSR count). The van der Waals surface area contributed by atoms with Crippen molar-refractivity contribution in [2.24, 2.45) is 5.10 Å². The number of ether oxygens (including phenoxy) is 4. The number of nitrogens with one attached hydrogen (secondary N) is 1. The Morgan fingerprint density at radius 1 is 1.00 bits per heavy atom. The Morgan fingerprint density at radius 3 is 2.41 bits per heavy atom. The van der Waals surface area contributed by atoms with Crippen LogP contribution in [0.1, 0.15) is 28.4 Å². The lowest BCUT2D eigenvalue weighted by Gasteiger charge is -2.12. The first-order valence-corrected chi connectivity index (χ1v) is 11.3. The first kappa shape index (κ1) is 26.7. The van der Waals surface area contributed by atoms with Gasteiger partial charge in [0.05, 0.1) is 24.9 Å². The zero-order chi connectivity index (χ0) is 26.6. The van der Waals surface area contributed by atoms with Crippen LogP contribution < -0.4 is 24.4 Å². The summed E-state index contributed by atoms with van der Waals surface area (Å²) < 4.78 is 22.3. The van der Waals surface area contributed by atoms with Crippen LogP contribution in [0.15, 0.2) is 78.4 Å². The van der Waals surface area contributed by atoms with E-state index < -0.39 is 10.8 Å². The number of methoxy groups -OCH3 is 1. The number of carbonyl (C=O) groups is 1. The van der Waals surface area contributed by atoms with Crippen LogP contribution in [0.4, 0.5) is 5.69 Å². The quantitative estimate of drug-likeness (QED) is 0.152. The van der Waals surface area contributed by atoms with E-state index in [2.05, 4.69) is 17.1 Å². The molecule has 37 heavy (non-hydrogen) atoms. The van der Waals surface area contributed by atoms with E-state index in [0.717, 1.165) is 5.56 Å². The van der Waals surface area contributed by atoms with Crippen molar-refractivity contribution in [3.63, 3.8) is 0 Å². The molecule has 0 atom stereocenters. The van der Waals surface area contributed by atoms with Crippen molar-refractivity contribution in [1.29, 1.82) is 0 Å². The predicted octanol–water partition coefficient (Wildman–Crippen LogP) is 4.91. The van der Waals surface area contributed by atoms with Gasteiger partial charge in [-0.1, -0.05) is 12.7 Å². The Bertz CT molecular complexity index is 1270. The second-order valence-electron chi connectivity index (χ2n) is 7.52. The minimum absolute atomic E-state index is 0.0168. The van der Waals surface area contributed by atoms with Crippen molar-refractivity contribution in [1.82, 2.24) is 5.43 Å². The molecule has 0 bridgehead atoms. The minimum Gasteiger partial charge on any atom is -0.493 e. The highest BCUT2D eigenvalue weighted by atomic mass is 16.6. The third-order valence-corrected chi connectivity index (χ3v) is 4.97. The van der Waals surface area contributed by atoms with Gasteiger partial charge in [0.25, 0.3) is 11.6 Å². The first-order valence-electron chi connectivity index (χ1n) is 11.3. The second kappa shape index (κ2) is 13.3. The maximum Gasteiger partial charge on any atom is 0.271 e. The summed E-state index contributed by atoms with van der Waals surface area (Å²) in [4.78, 5) is 22.9. The number of non-ortho nitro benzene ring substituents is 1. The van der Waals surface area contributed by atoms with Crippen molar-refractivity contribution < 1.29 is 28.7 Å². The molecule has 0 unspecified atom stereocenters. The molecule has 3 aromatic carbocycles. The number of carbonyl (C=O) groups excluding carboxylic acids is 1. The second-order valence-corrected chi connectivity index (χ2v) is 7.52. The average molecular weight is 506 g/mol. The molecule has 192 valence electrons. The Morgan fingerprint density at radius 2 is 1.73 bits per heavy atom. The molecule has 0 fully saturated rings. The lowest BCUT2D eigenvalue weighted by Crippen LogP contribution is -2.17. The summed E-state index contributed by atoms with van der Waals surface area (Å²) in [5.74, 6) is 1.51. The normalized spacial score (nSPS) is 10.5. The number of nitrogens with zero attached hydrogens (tertiary/aromatic N) is 2. The van der Waals surface area contributed by atoms with Crippen LogP contribution >= 0.6 is 0 Å². The predicted molar refractivity (Wildman–Crippen MR) is 139 cm³/mol. The van der Waals surface area contributed by atoms with Crippen LogP contribution in [0, 0.1) is 10.1 Å². The molecule has 0 radical (unpaired) electrons. The molecule has 0 heterocycles. The Kier molecular flexibility index (Phi) is 9.60. The summed E-state index contributed by atoms with van der Waals surface area (Å²) in [6.45, 7) is 6.40. The van der Waals surface area contributed by atoms with Gasteiger partial charge in [0.1, 0.15) is 13.2 Å². The minimum atomic E-state index is -0.451. The van der Waals surface area contributed by atoms with Crippen molar-refractivity contribution in [3.05, 3.63) is 100 Å². The smallest absolute Gasteiger partial charge is 0.271 e. The van der Waals surface area contributed by atoms with Crippen LogP contribution in [0.5, 0.6) is 23.0 Å². The number of hydrazone groups is 1. The summed E-state index contributed by atoms with van der Waals surface area (Å²) >= 11 is 0. The molecular formula is C27H27N3O7. The van der Waals surface area contributed by atoms with E-state index >= 15 is 0 Å². The Labute approximate surface area is 214 Å². The van der Waals surface area contributed by atoms with E-state index in [1.807, 2.05) is 6.92 Å². The molecule has 10 heteroatoms.